The fourth-order valence-electron chi connectivity index (χ4n) is 1.16. The minimum atomic E-state index is -0.792. The van der Waals surface area contributed by atoms with Crippen LogP contribution < -0.4 is 5.73 Å². The number of aliphatic hydroxyl groups excluding tert-OH is 2. The normalized spacial score (nSPS) is 13.7. The van der Waals surface area contributed by atoms with Crippen molar-refractivity contribution in [3.05, 3.63) is 28.2 Å². The number of hydrogen-bond acceptors (Lipinski definition) is 5. The zero-order valence-corrected chi connectivity index (χ0v) is 11.3. The van der Waals surface area contributed by atoms with E-state index in [1.165, 1.54) is 11.8 Å². The predicted octanol–water partition coefficient (Wildman–Crippen LogP) is 0.989. The molecule has 17 heavy (non-hydrogen) atoms. The Hall–Kier alpha value is -0.760. The van der Waals surface area contributed by atoms with Crippen molar-refractivity contribution in [2.24, 2.45) is 10.9 Å². The van der Waals surface area contributed by atoms with Crippen molar-refractivity contribution in [2.45, 2.75) is 11.0 Å². The van der Waals surface area contributed by atoms with Crippen LogP contribution >= 0.6 is 27.7 Å². The summed E-state index contributed by atoms with van der Waals surface area (Å²) in [6.07, 6.45) is -0.792. The Morgan fingerprint density at radius 3 is 2.82 bits per heavy atom. The molecule has 0 saturated carbocycles. The first kappa shape index (κ1) is 14.3. The number of aliphatic hydroxyl groups is 2. The van der Waals surface area contributed by atoms with E-state index in [4.69, 9.17) is 16.0 Å². The van der Waals surface area contributed by atoms with Crippen LogP contribution in [0, 0.1) is 0 Å². The van der Waals surface area contributed by atoms with E-state index in [1.807, 2.05) is 6.07 Å². The number of thioether (sulfide) groups is 1. The first-order valence-corrected chi connectivity index (χ1v) is 6.56. The topological polar surface area (TPSA) is 99.1 Å². The highest BCUT2D eigenvalue weighted by Gasteiger charge is 2.13. The number of amidine groups is 1. The quantitative estimate of drug-likeness (QED) is 0.213. The molecule has 1 aromatic carbocycles. The van der Waals surface area contributed by atoms with Crippen molar-refractivity contribution in [3.63, 3.8) is 0 Å². The van der Waals surface area contributed by atoms with E-state index < -0.39 is 6.10 Å². The molecule has 0 radical (unpaired) electrons. The maximum absolute atomic E-state index is 9.28. The molecule has 7 heteroatoms. The molecule has 0 aliphatic heterocycles. The molecule has 0 heterocycles. The molecule has 94 valence electrons. The Balaban J connectivity index is 2.95. The van der Waals surface area contributed by atoms with Gasteiger partial charge in [0.15, 0.2) is 5.84 Å². The lowest BCUT2D eigenvalue weighted by Gasteiger charge is -2.11. The Kier molecular flexibility index (Phi) is 5.76. The maximum atomic E-state index is 9.28. The van der Waals surface area contributed by atoms with Gasteiger partial charge in [-0.15, -0.1) is 11.8 Å². The van der Waals surface area contributed by atoms with Crippen molar-refractivity contribution < 1.29 is 15.4 Å². The lowest BCUT2D eigenvalue weighted by Crippen LogP contribution is -2.17. The summed E-state index contributed by atoms with van der Waals surface area (Å²) in [4.78, 5) is 0.766. The minimum Gasteiger partial charge on any atom is -0.409 e. The highest BCUT2D eigenvalue weighted by molar-refractivity contribution is 9.10. The SMILES string of the molecule is N/C(=N/O)c1c(Br)cccc1SCC(O)CO. The summed E-state index contributed by atoms with van der Waals surface area (Å²) in [5, 5.41) is 29.7. The Morgan fingerprint density at radius 2 is 2.24 bits per heavy atom. The Morgan fingerprint density at radius 1 is 1.53 bits per heavy atom. The van der Waals surface area contributed by atoms with Crippen LogP contribution in [0.3, 0.4) is 0 Å². The molecule has 1 unspecified atom stereocenters. The number of halogens is 1. The number of benzene rings is 1. The van der Waals surface area contributed by atoms with Crippen LogP contribution in [0.4, 0.5) is 0 Å². The van der Waals surface area contributed by atoms with Gasteiger partial charge < -0.3 is 21.2 Å². The molecule has 0 saturated heterocycles. The Bertz CT molecular complexity index is 415. The zero-order valence-electron chi connectivity index (χ0n) is 8.88. The van der Waals surface area contributed by atoms with E-state index in [-0.39, 0.29) is 12.4 Å². The van der Waals surface area contributed by atoms with Crippen LogP contribution in [0.1, 0.15) is 5.56 Å². The summed E-state index contributed by atoms with van der Waals surface area (Å²) in [6.45, 7) is -0.292. The van der Waals surface area contributed by atoms with E-state index in [0.717, 1.165) is 4.90 Å². The van der Waals surface area contributed by atoms with Gasteiger partial charge in [-0.2, -0.15) is 0 Å². The summed E-state index contributed by atoms with van der Waals surface area (Å²) in [5.74, 6) is 0.331. The highest BCUT2D eigenvalue weighted by atomic mass is 79.9. The average Bonchev–Trinajstić information content (AvgIpc) is 2.35. The largest absolute Gasteiger partial charge is 0.409 e. The summed E-state index contributed by atoms with van der Waals surface area (Å²) >= 11 is 4.64. The van der Waals surface area contributed by atoms with Crippen molar-refractivity contribution in [1.29, 1.82) is 0 Å². The molecule has 0 spiro atoms. The summed E-state index contributed by atoms with van der Waals surface area (Å²) in [6, 6.07) is 5.39. The predicted molar refractivity (Wildman–Crippen MR) is 70.5 cm³/mol. The number of nitrogens with zero attached hydrogens (tertiary/aromatic N) is 1. The van der Waals surface area contributed by atoms with Gasteiger partial charge in [0.2, 0.25) is 0 Å². The van der Waals surface area contributed by atoms with E-state index in [9.17, 15) is 5.11 Å². The third-order valence-electron chi connectivity index (χ3n) is 1.98. The molecule has 5 N–H and O–H groups in total. The second-order valence-electron chi connectivity index (χ2n) is 3.25. The van der Waals surface area contributed by atoms with Crippen LogP contribution in [-0.4, -0.2) is 39.7 Å². The molecule has 5 nitrogen and oxygen atoms in total. The van der Waals surface area contributed by atoms with Gasteiger partial charge in [0.25, 0.3) is 0 Å². The average molecular weight is 321 g/mol. The monoisotopic (exact) mass is 320 g/mol. The molecule has 0 aliphatic carbocycles. The summed E-state index contributed by atoms with van der Waals surface area (Å²) in [5.41, 5.74) is 6.15. The molecular weight excluding hydrogens is 308 g/mol. The van der Waals surface area contributed by atoms with Crippen LogP contribution in [0.25, 0.3) is 0 Å². The van der Waals surface area contributed by atoms with Gasteiger partial charge in [-0.05, 0) is 28.1 Å². The lowest BCUT2D eigenvalue weighted by atomic mass is 10.2. The van der Waals surface area contributed by atoms with Crippen molar-refractivity contribution in [1.82, 2.24) is 0 Å². The van der Waals surface area contributed by atoms with Gasteiger partial charge in [-0.25, -0.2) is 0 Å². The molecule has 0 aliphatic rings. The number of nitrogens with two attached hydrogens (primary N) is 1. The standard InChI is InChI=1S/C10H13BrN2O3S/c11-7-2-1-3-8(9(7)10(12)13-16)17-5-6(15)4-14/h1-3,6,14-16H,4-5H2,(H2,12,13). The van der Waals surface area contributed by atoms with Gasteiger partial charge in [0, 0.05) is 20.7 Å². The maximum Gasteiger partial charge on any atom is 0.172 e. The lowest BCUT2D eigenvalue weighted by molar-refractivity contribution is 0.113. The van der Waals surface area contributed by atoms with Gasteiger partial charge in [-0.1, -0.05) is 11.2 Å². The summed E-state index contributed by atoms with van der Waals surface area (Å²) < 4.78 is 0.705. The van der Waals surface area contributed by atoms with E-state index in [0.29, 0.717) is 15.8 Å². The van der Waals surface area contributed by atoms with Crippen LogP contribution in [-0.2, 0) is 0 Å². The van der Waals surface area contributed by atoms with E-state index in [2.05, 4.69) is 21.1 Å². The van der Waals surface area contributed by atoms with Gasteiger partial charge in [-0.3, -0.25) is 0 Å². The first-order chi connectivity index (χ1) is 8.10. The van der Waals surface area contributed by atoms with Crippen LogP contribution in [0.15, 0.2) is 32.7 Å². The zero-order chi connectivity index (χ0) is 12.8. The molecule has 0 fully saturated rings. The van der Waals surface area contributed by atoms with Gasteiger partial charge >= 0.3 is 0 Å². The number of hydrogen-bond donors (Lipinski definition) is 4. The van der Waals surface area contributed by atoms with Crippen molar-refractivity contribution in [3.8, 4) is 0 Å². The first-order valence-electron chi connectivity index (χ1n) is 4.78. The van der Waals surface area contributed by atoms with Crippen molar-refractivity contribution in [2.75, 3.05) is 12.4 Å². The van der Waals surface area contributed by atoms with Crippen LogP contribution in [0.2, 0.25) is 0 Å². The fraction of sp³-hybridized carbons (Fsp3) is 0.300. The molecule has 1 aromatic rings. The van der Waals surface area contributed by atoms with E-state index >= 15 is 0 Å². The molecule has 0 amide bonds. The summed E-state index contributed by atoms with van der Waals surface area (Å²) in [7, 11) is 0. The molecular formula is C10H13BrN2O3S. The number of rotatable bonds is 5. The van der Waals surface area contributed by atoms with E-state index in [1.54, 1.807) is 12.1 Å². The minimum absolute atomic E-state index is 0.00142. The Labute approximate surface area is 111 Å². The second-order valence-corrected chi connectivity index (χ2v) is 5.16. The van der Waals surface area contributed by atoms with Crippen LogP contribution in [0.5, 0.6) is 0 Å². The third-order valence-corrected chi connectivity index (χ3v) is 3.84. The molecule has 1 rings (SSSR count). The van der Waals surface area contributed by atoms with Gasteiger partial charge in [0.1, 0.15) is 0 Å². The molecule has 1 atom stereocenters. The molecule has 0 bridgehead atoms. The third kappa shape index (κ3) is 3.88. The van der Waals surface area contributed by atoms with Gasteiger partial charge in [0.05, 0.1) is 12.7 Å². The highest BCUT2D eigenvalue weighted by Crippen LogP contribution is 2.29. The van der Waals surface area contributed by atoms with Crippen molar-refractivity contribution >= 4 is 33.5 Å². The molecule has 0 aromatic heterocycles. The smallest absolute Gasteiger partial charge is 0.172 e. The number of oxime groups is 1. The second kappa shape index (κ2) is 6.85. The fourth-order valence-corrected chi connectivity index (χ4v) is 2.87.